The summed E-state index contributed by atoms with van der Waals surface area (Å²) in [5.41, 5.74) is 7.87. The SMILES string of the molecule is CC(=C(CCOC(=O)C(C)NS(=O)(=O)c1cccc2c(N(C)C)cccc12)SC(=O)C(C)C)N(C=O)Cc1cnc(C)nc1N.Cl. The van der Waals surface area contributed by atoms with Crippen LogP contribution in [0, 0.1) is 12.8 Å². The zero-order valence-electron chi connectivity index (χ0n) is 26.9. The third-order valence-electron chi connectivity index (χ3n) is 6.91. The Balaban J connectivity index is 0.00000736. The van der Waals surface area contributed by atoms with Gasteiger partial charge in [0.15, 0.2) is 5.12 Å². The van der Waals surface area contributed by atoms with Gasteiger partial charge in [-0.05, 0) is 32.9 Å². The van der Waals surface area contributed by atoms with Gasteiger partial charge in [-0.25, -0.2) is 18.4 Å². The monoisotopic (exact) mass is 692 g/mol. The molecule has 46 heavy (non-hydrogen) atoms. The molecule has 0 aliphatic heterocycles. The van der Waals surface area contributed by atoms with E-state index in [1.807, 2.05) is 31.1 Å². The number of nitrogens with two attached hydrogens (primary N) is 1. The Kier molecular flexibility index (Phi) is 14.0. The second-order valence-corrected chi connectivity index (χ2v) is 13.7. The van der Waals surface area contributed by atoms with Gasteiger partial charge in [0.1, 0.15) is 17.7 Å². The molecule has 1 amide bonds. The highest BCUT2D eigenvalue weighted by Crippen LogP contribution is 2.31. The van der Waals surface area contributed by atoms with Gasteiger partial charge in [0.05, 0.1) is 18.0 Å². The van der Waals surface area contributed by atoms with E-state index in [9.17, 15) is 22.8 Å². The van der Waals surface area contributed by atoms with Gasteiger partial charge in [0, 0.05) is 65.3 Å². The molecular formula is C31H41ClN6O6S2. The maximum absolute atomic E-state index is 13.4. The lowest BCUT2D eigenvalue weighted by molar-refractivity contribution is -0.145. The molecule has 1 aromatic heterocycles. The molecule has 12 nitrogen and oxygen atoms in total. The minimum absolute atomic E-state index is 0. The van der Waals surface area contributed by atoms with Gasteiger partial charge in [-0.2, -0.15) is 4.72 Å². The number of anilines is 2. The first-order valence-electron chi connectivity index (χ1n) is 14.3. The Morgan fingerprint density at radius 2 is 1.76 bits per heavy atom. The number of sulfonamides is 1. The summed E-state index contributed by atoms with van der Waals surface area (Å²) in [7, 11) is -0.354. The summed E-state index contributed by atoms with van der Waals surface area (Å²) in [6.45, 7) is 8.22. The average molecular weight is 693 g/mol. The molecule has 3 N–H and O–H groups in total. The molecule has 0 aliphatic rings. The number of amides is 1. The molecule has 0 saturated carbocycles. The Hall–Kier alpha value is -3.72. The van der Waals surface area contributed by atoms with Crippen LogP contribution in [0.1, 0.15) is 45.5 Å². The van der Waals surface area contributed by atoms with E-state index in [1.54, 1.807) is 45.9 Å². The molecule has 1 atom stereocenters. The third kappa shape index (κ3) is 9.64. The molecular weight excluding hydrogens is 652 g/mol. The van der Waals surface area contributed by atoms with Crippen LogP contribution in [0.15, 0.2) is 58.1 Å². The summed E-state index contributed by atoms with van der Waals surface area (Å²) in [6.07, 6.45) is 2.27. The fraction of sp³-hybridized carbons (Fsp3) is 0.387. The number of thioether (sulfide) groups is 1. The second kappa shape index (κ2) is 16.7. The molecule has 250 valence electrons. The molecule has 15 heteroatoms. The number of benzene rings is 2. The van der Waals surface area contributed by atoms with Crippen LogP contribution in [0.25, 0.3) is 10.8 Å². The van der Waals surface area contributed by atoms with Crippen molar-refractivity contribution in [2.24, 2.45) is 5.92 Å². The molecule has 0 saturated heterocycles. The van der Waals surface area contributed by atoms with E-state index in [1.165, 1.54) is 24.1 Å². The number of aryl methyl sites for hydroxylation is 1. The maximum atomic E-state index is 13.4. The molecule has 1 heterocycles. The summed E-state index contributed by atoms with van der Waals surface area (Å²) in [6, 6.07) is 9.17. The lowest BCUT2D eigenvalue weighted by atomic mass is 10.1. The van der Waals surface area contributed by atoms with E-state index in [0.29, 0.717) is 33.8 Å². The number of fused-ring (bicyclic) bond motifs is 1. The summed E-state index contributed by atoms with van der Waals surface area (Å²) in [4.78, 5) is 49.7. The van der Waals surface area contributed by atoms with E-state index in [-0.39, 0.29) is 53.7 Å². The molecule has 0 fully saturated rings. The Morgan fingerprint density at radius 3 is 2.37 bits per heavy atom. The normalized spacial score (nSPS) is 12.6. The highest BCUT2D eigenvalue weighted by Gasteiger charge is 2.26. The summed E-state index contributed by atoms with van der Waals surface area (Å²) >= 11 is 0.965. The van der Waals surface area contributed by atoms with Crippen LogP contribution < -0.4 is 15.4 Å². The predicted octanol–water partition coefficient (Wildman–Crippen LogP) is 4.41. The number of rotatable bonds is 14. The number of nitrogen functional groups attached to an aromatic ring is 1. The van der Waals surface area contributed by atoms with Gasteiger partial charge in [0.2, 0.25) is 16.4 Å². The summed E-state index contributed by atoms with van der Waals surface area (Å²) in [5, 5.41) is 1.14. The van der Waals surface area contributed by atoms with Crippen molar-refractivity contribution >= 4 is 74.0 Å². The third-order valence-corrected chi connectivity index (χ3v) is 9.92. The maximum Gasteiger partial charge on any atom is 0.323 e. The Morgan fingerprint density at radius 1 is 1.11 bits per heavy atom. The van der Waals surface area contributed by atoms with Crippen LogP contribution in [-0.4, -0.2) is 67.5 Å². The molecule has 1 unspecified atom stereocenters. The van der Waals surface area contributed by atoms with Crippen LogP contribution in [0.3, 0.4) is 0 Å². The van der Waals surface area contributed by atoms with Crippen molar-refractivity contribution in [3.05, 3.63) is 64.6 Å². The summed E-state index contributed by atoms with van der Waals surface area (Å²) in [5.74, 6) is -0.347. The minimum atomic E-state index is -4.10. The number of hydrogen-bond acceptors (Lipinski definition) is 11. The number of esters is 1. The first-order chi connectivity index (χ1) is 21.2. The van der Waals surface area contributed by atoms with Crippen molar-refractivity contribution in [1.82, 2.24) is 19.6 Å². The number of aromatic nitrogens is 2. The predicted molar refractivity (Wildman–Crippen MR) is 184 cm³/mol. The number of allylic oxidation sites excluding steroid dienone is 1. The molecule has 0 spiro atoms. The van der Waals surface area contributed by atoms with E-state index in [0.717, 1.165) is 22.8 Å². The van der Waals surface area contributed by atoms with Gasteiger partial charge in [-0.1, -0.05) is 49.9 Å². The van der Waals surface area contributed by atoms with Crippen LogP contribution in [0.5, 0.6) is 0 Å². The number of carbonyl (C=O) groups is 3. The Labute approximate surface area is 280 Å². The fourth-order valence-corrected chi connectivity index (χ4v) is 6.70. The van der Waals surface area contributed by atoms with E-state index < -0.39 is 22.0 Å². The van der Waals surface area contributed by atoms with E-state index in [2.05, 4.69) is 14.7 Å². The van der Waals surface area contributed by atoms with Gasteiger partial charge in [-0.3, -0.25) is 14.4 Å². The van der Waals surface area contributed by atoms with Crippen LogP contribution in [0.2, 0.25) is 0 Å². The first kappa shape index (κ1) is 38.5. The van der Waals surface area contributed by atoms with Crippen LogP contribution >= 0.6 is 24.2 Å². The lowest BCUT2D eigenvalue weighted by Crippen LogP contribution is -2.39. The van der Waals surface area contributed by atoms with Crippen molar-refractivity contribution in [3.8, 4) is 0 Å². The van der Waals surface area contributed by atoms with E-state index >= 15 is 0 Å². The van der Waals surface area contributed by atoms with Gasteiger partial charge in [0.25, 0.3) is 0 Å². The second-order valence-electron chi connectivity index (χ2n) is 10.9. The molecule has 0 aliphatic carbocycles. The quantitative estimate of drug-likeness (QED) is 0.182. The standard InChI is InChI=1S/C31H40N6O6S2.ClH/c1-19(2)31(40)44-27(21(4)37(18-38)17-23-16-33-22(5)34-29(23)32)14-15-43-30(39)20(3)35-45(41,42)28-13-9-10-24-25(28)11-8-12-26(24)36(6)7;/h8-13,16,18-20,35H,14-15,17H2,1-7H3,(H2,32,33,34);1H. The number of nitrogens with zero attached hydrogens (tertiary/aromatic N) is 4. The number of ether oxygens (including phenoxy) is 1. The molecule has 0 bridgehead atoms. The molecule has 3 aromatic rings. The number of nitrogens with one attached hydrogen (secondary N) is 1. The minimum Gasteiger partial charge on any atom is -0.464 e. The van der Waals surface area contributed by atoms with Crippen molar-refractivity contribution in [2.75, 3.05) is 31.3 Å². The van der Waals surface area contributed by atoms with Crippen molar-refractivity contribution in [2.45, 2.75) is 58.5 Å². The topological polar surface area (TPSA) is 165 Å². The first-order valence-corrected chi connectivity index (χ1v) is 16.6. The number of carbonyl (C=O) groups excluding carboxylic acids is 3. The van der Waals surface area contributed by atoms with Gasteiger partial charge >= 0.3 is 5.97 Å². The molecule has 2 aromatic carbocycles. The molecule has 3 rings (SSSR count). The van der Waals surface area contributed by atoms with Crippen LogP contribution in [0.4, 0.5) is 11.5 Å². The summed E-state index contributed by atoms with van der Waals surface area (Å²) < 4.78 is 34.6. The molecule has 0 radical (unpaired) electrons. The van der Waals surface area contributed by atoms with Crippen molar-refractivity contribution in [3.63, 3.8) is 0 Å². The van der Waals surface area contributed by atoms with Crippen molar-refractivity contribution in [1.29, 1.82) is 0 Å². The van der Waals surface area contributed by atoms with Crippen molar-refractivity contribution < 1.29 is 27.5 Å². The van der Waals surface area contributed by atoms with E-state index in [4.69, 9.17) is 10.5 Å². The highest BCUT2D eigenvalue weighted by molar-refractivity contribution is 8.17. The number of hydrogen-bond donors (Lipinski definition) is 2. The largest absolute Gasteiger partial charge is 0.464 e. The average Bonchev–Trinajstić information content (AvgIpc) is 2.98. The van der Waals surface area contributed by atoms with Gasteiger partial charge < -0.3 is 20.3 Å². The van der Waals surface area contributed by atoms with Gasteiger partial charge in [-0.15, -0.1) is 12.4 Å². The highest BCUT2D eigenvalue weighted by atomic mass is 35.5. The zero-order valence-corrected chi connectivity index (χ0v) is 29.4. The Bertz CT molecular complexity index is 1710. The smallest absolute Gasteiger partial charge is 0.323 e. The fourth-order valence-electron chi connectivity index (χ4n) is 4.36. The lowest BCUT2D eigenvalue weighted by Gasteiger charge is -2.22. The van der Waals surface area contributed by atoms with Crippen LogP contribution in [-0.2, 0) is 35.7 Å². The zero-order chi connectivity index (χ0) is 33.5. The number of halogens is 1.